The summed E-state index contributed by atoms with van der Waals surface area (Å²) in [6.07, 6.45) is -1.12. The number of nitrogens with zero attached hydrogens (tertiary/aromatic N) is 3. The molecule has 12 nitrogen and oxygen atoms in total. The highest BCUT2D eigenvalue weighted by molar-refractivity contribution is 7.89. The average Bonchev–Trinajstić information content (AvgIpc) is 2.76. The molecule has 2 rings (SSSR count). The van der Waals surface area contributed by atoms with E-state index in [2.05, 4.69) is 0 Å². The van der Waals surface area contributed by atoms with Crippen molar-refractivity contribution in [2.24, 2.45) is 0 Å². The fourth-order valence-corrected chi connectivity index (χ4v) is 4.30. The zero-order chi connectivity index (χ0) is 23.6. The molecule has 1 aliphatic rings. The van der Waals surface area contributed by atoms with Gasteiger partial charge in [-0.1, -0.05) is 0 Å². The van der Waals surface area contributed by atoms with Crippen LogP contribution in [0.2, 0.25) is 0 Å². The summed E-state index contributed by atoms with van der Waals surface area (Å²) in [7, 11) is -3.95. The van der Waals surface area contributed by atoms with E-state index >= 15 is 0 Å². The Morgan fingerprint density at radius 3 is 2.47 bits per heavy atom. The highest BCUT2D eigenvalue weighted by Gasteiger charge is 2.29. The standard InChI is InChI=1S/C19H27N3O9S/c1-2-30-19(24)21(32(27,28)15-12-20-10-13-29-14-11-20)9-3-4-18(23)31-17-7-5-16(6-8-17)22(25)26/h5-8H,2-4,9-15H2,1H3. The van der Waals surface area contributed by atoms with E-state index in [1.54, 1.807) is 6.92 Å². The molecule has 1 amide bonds. The summed E-state index contributed by atoms with van der Waals surface area (Å²) in [5, 5.41) is 10.7. The topological polar surface area (TPSA) is 146 Å². The van der Waals surface area contributed by atoms with E-state index in [1.807, 2.05) is 4.90 Å². The number of sulfonamides is 1. The van der Waals surface area contributed by atoms with E-state index in [0.717, 1.165) is 0 Å². The summed E-state index contributed by atoms with van der Waals surface area (Å²) in [4.78, 5) is 36.3. The van der Waals surface area contributed by atoms with Crippen LogP contribution in [0.1, 0.15) is 19.8 Å². The molecule has 0 radical (unpaired) electrons. The lowest BCUT2D eigenvalue weighted by Crippen LogP contribution is -2.44. The molecule has 1 fully saturated rings. The zero-order valence-corrected chi connectivity index (χ0v) is 18.6. The van der Waals surface area contributed by atoms with Crippen molar-refractivity contribution in [2.75, 3.05) is 51.8 Å². The Kier molecular flexibility index (Phi) is 9.81. The maximum Gasteiger partial charge on any atom is 0.423 e. The first-order valence-corrected chi connectivity index (χ1v) is 11.8. The molecule has 0 saturated carbocycles. The summed E-state index contributed by atoms with van der Waals surface area (Å²) in [6.45, 7) is 3.88. The Labute approximate surface area is 186 Å². The van der Waals surface area contributed by atoms with Gasteiger partial charge in [0.05, 0.1) is 30.5 Å². The Hall–Kier alpha value is -2.77. The van der Waals surface area contributed by atoms with Gasteiger partial charge in [0.15, 0.2) is 0 Å². The summed E-state index contributed by atoms with van der Waals surface area (Å²) in [5.74, 6) is -0.798. The minimum atomic E-state index is -3.95. The van der Waals surface area contributed by atoms with Gasteiger partial charge < -0.3 is 14.2 Å². The number of benzene rings is 1. The lowest BCUT2D eigenvalue weighted by Gasteiger charge is -2.28. The first-order chi connectivity index (χ1) is 15.2. The van der Waals surface area contributed by atoms with Gasteiger partial charge in [0.25, 0.3) is 5.69 Å². The monoisotopic (exact) mass is 473 g/mol. The number of hydrogen-bond acceptors (Lipinski definition) is 10. The Morgan fingerprint density at radius 1 is 1.22 bits per heavy atom. The van der Waals surface area contributed by atoms with Gasteiger partial charge in [-0.15, -0.1) is 0 Å². The van der Waals surface area contributed by atoms with E-state index in [9.17, 15) is 28.1 Å². The number of nitro benzene ring substituents is 1. The first kappa shape index (κ1) is 25.5. The molecule has 0 bridgehead atoms. The largest absolute Gasteiger partial charge is 0.449 e. The second-order valence-corrected chi connectivity index (χ2v) is 8.88. The highest BCUT2D eigenvalue weighted by Crippen LogP contribution is 2.18. The van der Waals surface area contributed by atoms with E-state index in [4.69, 9.17) is 14.2 Å². The van der Waals surface area contributed by atoms with Crippen LogP contribution in [0.4, 0.5) is 10.5 Å². The van der Waals surface area contributed by atoms with Crippen LogP contribution in [-0.2, 0) is 24.3 Å². The highest BCUT2D eigenvalue weighted by atomic mass is 32.2. The minimum absolute atomic E-state index is 0.0104. The molecule has 32 heavy (non-hydrogen) atoms. The van der Waals surface area contributed by atoms with Crippen molar-refractivity contribution < 1.29 is 37.1 Å². The molecule has 178 valence electrons. The van der Waals surface area contributed by atoms with Crippen LogP contribution in [0.25, 0.3) is 0 Å². The van der Waals surface area contributed by atoms with Crippen LogP contribution in [0.3, 0.4) is 0 Å². The third kappa shape index (κ3) is 8.05. The summed E-state index contributed by atoms with van der Waals surface area (Å²) in [5.41, 5.74) is -0.142. The number of hydrogen-bond donors (Lipinski definition) is 0. The van der Waals surface area contributed by atoms with Gasteiger partial charge in [-0.25, -0.2) is 17.5 Å². The average molecular weight is 474 g/mol. The van der Waals surface area contributed by atoms with Crippen molar-refractivity contribution in [3.63, 3.8) is 0 Å². The van der Waals surface area contributed by atoms with Crippen LogP contribution < -0.4 is 4.74 Å². The molecular weight excluding hydrogens is 446 g/mol. The molecule has 1 heterocycles. The molecule has 1 saturated heterocycles. The molecule has 0 spiro atoms. The lowest BCUT2D eigenvalue weighted by atomic mass is 10.3. The fourth-order valence-electron chi connectivity index (χ4n) is 2.90. The van der Waals surface area contributed by atoms with Gasteiger partial charge in [-0.05, 0) is 25.5 Å². The lowest BCUT2D eigenvalue weighted by molar-refractivity contribution is -0.384. The molecular formula is C19H27N3O9S. The van der Waals surface area contributed by atoms with Crippen LogP contribution in [-0.4, -0.2) is 86.4 Å². The minimum Gasteiger partial charge on any atom is -0.449 e. The number of morpholine rings is 1. The molecule has 1 aromatic rings. The summed E-state index contributed by atoms with van der Waals surface area (Å²) < 4.78 is 41.3. The third-order valence-corrected chi connectivity index (χ3v) is 6.30. The SMILES string of the molecule is CCOC(=O)N(CCCC(=O)Oc1ccc([N+](=O)[O-])cc1)S(=O)(=O)CCN1CCOCC1. The Bertz CT molecular complexity index is 884. The quantitative estimate of drug-likeness (QED) is 0.200. The smallest absolute Gasteiger partial charge is 0.423 e. The van der Waals surface area contributed by atoms with Gasteiger partial charge >= 0.3 is 12.1 Å². The molecule has 13 heteroatoms. The maximum absolute atomic E-state index is 12.7. The van der Waals surface area contributed by atoms with Crippen LogP contribution in [0, 0.1) is 10.1 Å². The summed E-state index contributed by atoms with van der Waals surface area (Å²) in [6, 6.07) is 4.98. The van der Waals surface area contributed by atoms with Crippen LogP contribution in [0.15, 0.2) is 24.3 Å². The van der Waals surface area contributed by atoms with E-state index in [-0.39, 0.29) is 49.7 Å². The van der Waals surface area contributed by atoms with Gasteiger partial charge in [-0.2, -0.15) is 0 Å². The van der Waals surface area contributed by atoms with Crippen molar-refractivity contribution in [3.8, 4) is 5.75 Å². The molecule has 0 aliphatic carbocycles. The van der Waals surface area contributed by atoms with Gasteiger partial charge in [0.1, 0.15) is 5.75 Å². The van der Waals surface area contributed by atoms with Crippen molar-refractivity contribution >= 4 is 27.8 Å². The van der Waals surface area contributed by atoms with Gasteiger partial charge in [-0.3, -0.25) is 19.8 Å². The number of ether oxygens (including phenoxy) is 3. The summed E-state index contributed by atoms with van der Waals surface area (Å²) >= 11 is 0. The van der Waals surface area contributed by atoms with Gasteiger partial charge in [0, 0.05) is 44.7 Å². The maximum atomic E-state index is 12.7. The predicted molar refractivity (Wildman–Crippen MR) is 113 cm³/mol. The van der Waals surface area contributed by atoms with Crippen molar-refractivity contribution in [3.05, 3.63) is 34.4 Å². The van der Waals surface area contributed by atoms with Gasteiger partial charge in [0.2, 0.25) is 10.0 Å². The van der Waals surface area contributed by atoms with Crippen molar-refractivity contribution in [2.45, 2.75) is 19.8 Å². The first-order valence-electron chi connectivity index (χ1n) is 10.2. The number of amides is 1. The number of rotatable bonds is 11. The molecule has 1 aliphatic heterocycles. The molecule has 0 unspecified atom stereocenters. The van der Waals surface area contributed by atoms with Crippen molar-refractivity contribution in [1.29, 1.82) is 0 Å². The Balaban J connectivity index is 1.89. The van der Waals surface area contributed by atoms with E-state index < -0.39 is 27.0 Å². The predicted octanol–water partition coefficient (Wildman–Crippen LogP) is 1.40. The van der Waals surface area contributed by atoms with Crippen LogP contribution in [0.5, 0.6) is 5.75 Å². The number of carbonyl (C=O) groups excluding carboxylic acids is 2. The molecule has 0 atom stereocenters. The van der Waals surface area contributed by atoms with Crippen LogP contribution >= 0.6 is 0 Å². The zero-order valence-electron chi connectivity index (χ0n) is 17.8. The second kappa shape index (κ2) is 12.3. The van der Waals surface area contributed by atoms with E-state index in [1.165, 1.54) is 24.3 Å². The second-order valence-electron chi connectivity index (χ2n) is 6.87. The Morgan fingerprint density at radius 2 is 1.88 bits per heavy atom. The fraction of sp³-hybridized carbons (Fsp3) is 0.579. The van der Waals surface area contributed by atoms with Crippen molar-refractivity contribution in [1.82, 2.24) is 9.21 Å². The molecule has 0 N–H and O–H groups in total. The normalized spacial score (nSPS) is 14.5. The molecule has 0 aromatic heterocycles. The molecule has 1 aromatic carbocycles. The third-order valence-electron chi connectivity index (χ3n) is 4.60. The number of carbonyl (C=O) groups is 2. The number of esters is 1. The number of nitro groups is 1. The number of non-ortho nitro benzene ring substituents is 1. The van der Waals surface area contributed by atoms with E-state index in [0.29, 0.717) is 30.6 Å².